The first-order valence-electron chi connectivity index (χ1n) is 4.95. The Morgan fingerprint density at radius 1 is 1.50 bits per heavy atom. The first-order chi connectivity index (χ1) is 6.43. The van der Waals surface area contributed by atoms with E-state index in [9.17, 15) is 9.59 Å². The van der Waals surface area contributed by atoms with E-state index in [-0.39, 0.29) is 18.4 Å². The Kier molecular flexibility index (Phi) is 3.13. The van der Waals surface area contributed by atoms with Crippen molar-refractivity contribution in [1.29, 1.82) is 0 Å². The quantitative estimate of drug-likeness (QED) is 0.736. The summed E-state index contributed by atoms with van der Waals surface area (Å²) in [5, 5.41) is 8.79. The van der Waals surface area contributed by atoms with Crippen LogP contribution in [-0.2, 0) is 9.59 Å². The zero-order valence-corrected chi connectivity index (χ0v) is 8.86. The van der Waals surface area contributed by atoms with Gasteiger partial charge in [-0.15, -0.1) is 0 Å². The van der Waals surface area contributed by atoms with Crippen molar-refractivity contribution in [2.45, 2.75) is 33.2 Å². The molecule has 4 nitrogen and oxygen atoms in total. The predicted octanol–water partition coefficient (Wildman–Crippen LogP) is 0.964. The minimum atomic E-state index is -0.864. The SMILES string of the molecule is CC(C)[C@H](C)N1C[C@@H](C(=O)O)CC1=O. The summed E-state index contributed by atoms with van der Waals surface area (Å²) in [6.45, 7) is 6.40. The van der Waals surface area contributed by atoms with Crippen LogP contribution in [0.5, 0.6) is 0 Å². The molecule has 0 bridgehead atoms. The van der Waals surface area contributed by atoms with Crippen LogP contribution in [0.15, 0.2) is 0 Å². The van der Waals surface area contributed by atoms with E-state index in [0.29, 0.717) is 12.5 Å². The maximum absolute atomic E-state index is 11.5. The standard InChI is InChI=1S/C10H17NO3/c1-6(2)7(3)11-5-8(10(13)14)4-9(11)12/h6-8H,4-5H2,1-3H3,(H,13,14)/t7-,8-/m0/s1. The molecule has 2 atom stereocenters. The molecule has 0 unspecified atom stereocenters. The summed E-state index contributed by atoms with van der Waals surface area (Å²) in [5.74, 6) is -1.04. The van der Waals surface area contributed by atoms with Crippen molar-refractivity contribution in [3.05, 3.63) is 0 Å². The number of rotatable bonds is 3. The van der Waals surface area contributed by atoms with Crippen LogP contribution < -0.4 is 0 Å². The molecule has 0 saturated carbocycles. The molecular formula is C10H17NO3. The van der Waals surface area contributed by atoms with Crippen molar-refractivity contribution in [3.8, 4) is 0 Å². The third-order valence-corrected chi connectivity index (χ3v) is 2.96. The molecule has 1 N–H and O–H groups in total. The maximum atomic E-state index is 11.5. The summed E-state index contributed by atoms with van der Waals surface area (Å²) in [5.41, 5.74) is 0. The Hall–Kier alpha value is -1.06. The molecule has 1 aliphatic heterocycles. The molecule has 1 saturated heterocycles. The summed E-state index contributed by atoms with van der Waals surface area (Å²) in [6.07, 6.45) is 0.159. The van der Waals surface area contributed by atoms with Gasteiger partial charge in [-0.3, -0.25) is 9.59 Å². The number of aliphatic carboxylic acids is 1. The number of likely N-dealkylation sites (tertiary alicyclic amines) is 1. The van der Waals surface area contributed by atoms with Crippen LogP contribution in [0.4, 0.5) is 0 Å². The molecule has 0 spiro atoms. The number of hydrogen-bond acceptors (Lipinski definition) is 2. The van der Waals surface area contributed by atoms with Gasteiger partial charge in [0.2, 0.25) is 5.91 Å². The average molecular weight is 199 g/mol. The normalized spacial score (nSPS) is 24.4. The molecule has 0 aromatic carbocycles. The Bertz CT molecular complexity index is 250. The maximum Gasteiger partial charge on any atom is 0.308 e. The van der Waals surface area contributed by atoms with Crippen molar-refractivity contribution in [2.75, 3.05) is 6.54 Å². The lowest BCUT2D eigenvalue weighted by atomic mass is 10.1. The third kappa shape index (κ3) is 2.05. The summed E-state index contributed by atoms with van der Waals surface area (Å²) < 4.78 is 0. The fourth-order valence-electron chi connectivity index (χ4n) is 1.65. The van der Waals surface area contributed by atoms with E-state index >= 15 is 0 Å². The molecule has 1 amide bonds. The Balaban J connectivity index is 2.65. The minimum Gasteiger partial charge on any atom is -0.481 e. The van der Waals surface area contributed by atoms with Gasteiger partial charge in [-0.2, -0.15) is 0 Å². The smallest absolute Gasteiger partial charge is 0.308 e. The highest BCUT2D eigenvalue weighted by Crippen LogP contribution is 2.23. The van der Waals surface area contributed by atoms with Gasteiger partial charge in [0.15, 0.2) is 0 Å². The van der Waals surface area contributed by atoms with Crippen LogP contribution in [0, 0.1) is 11.8 Å². The minimum absolute atomic E-state index is 0.0291. The third-order valence-electron chi connectivity index (χ3n) is 2.96. The number of hydrogen-bond donors (Lipinski definition) is 1. The van der Waals surface area contributed by atoms with E-state index in [1.165, 1.54) is 0 Å². The lowest BCUT2D eigenvalue weighted by Crippen LogP contribution is -2.38. The molecular weight excluding hydrogens is 182 g/mol. The number of amides is 1. The molecule has 1 rings (SSSR count). The molecule has 0 radical (unpaired) electrons. The van der Waals surface area contributed by atoms with Gasteiger partial charge >= 0.3 is 5.97 Å². The highest BCUT2D eigenvalue weighted by Gasteiger charge is 2.37. The zero-order valence-electron chi connectivity index (χ0n) is 8.86. The van der Waals surface area contributed by atoms with Crippen LogP contribution in [0.2, 0.25) is 0 Å². The van der Waals surface area contributed by atoms with Gasteiger partial charge in [-0.05, 0) is 12.8 Å². The van der Waals surface area contributed by atoms with Gasteiger partial charge in [0, 0.05) is 19.0 Å². The van der Waals surface area contributed by atoms with Crippen molar-refractivity contribution in [3.63, 3.8) is 0 Å². The monoisotopic (exact) mass is 199 g/mol. The van der Waals surface area contributed by atoms with Gasteiger partial charge in [0.05, 0.1) is 5.92 Å². The van der Waals surface area contributed by atoms with E-state index in [1.54, 1.807) is 4.90 Å². The van der Waals surface area contributed by atoms with Gasteiger partial charge in [-0.1, -0.05) is 13.8 Å². The highest BCUT2D eigenvalue weighted by molar-refractivity contribution is 5.86. The second kappa shape index (κ2) is 3.98. The zero-order chi connectivity index (χ0) is 10.9. The molecule has 80 valence electrons. The van der Waals surface area contributed by atoms with Crippen molar-refractivity contribution < 1.29 is 14.7 Å². The van der Waals surface area contributed by atoms with Crippen LogP contribution in [0.3, 0.4) is 0 Å². The largest absolute Gasteiger partial charge is 0.481 e. The molecule has 1 heterocycles. The Morgan fingerprint density at radius 3 is 2.43 bits per heavy atom. The Morgan fingerprint density at radius 2 is 2.07 bits per heavy atom. The predicted molar refractivity (Wildman–Crippen MR) is 51.8 cm³/mol. The Labute approximate surface area is 83.9 Å². The van der Waals surface area contributed by atoms with Gasteiger partial charge in [0.1, 0.15) is 0 Å². The van der Waals surface area contributed by atoms with E-state index in [1.807, 2.05) is 20.8 Å². The molecule has 0 aromatic rings. The second-order valence-electron chi connectivity index (χ2n) is 4.27. The summed E-state index contributed by atoms with van der Waals surface area (Å²) in [6, 6.07) is 0.131. The van der Waals surface area contributed by atoms with Crippen molar-refractivity contribution in [2.24, 2.45) is 11.8 Å². The summed E-state index contributed by atoms with van der Waals surface area (Å²) >= 11 is 0. The van der Waals surface area contributed by atoms with Crippen molar-refractivity contribution in [1.82, 2.24) is 4.90 Å². The first-order valence-corrected chi connectivity index (χ1v) is 4.95. The van der Waals surface area contributed by atoms with E-state index < -0.39 is 11.9 Å². The molecule has 1 aliphatic rings. The molecule has 4 heteroatoms. The van der Waals surface area contributed by atoms with E-state index in [2.05, 4.69) is 0 Å². The fourth-order valence-corrected chi connectivity index (χ4v) is 1.65. The van der Waals surface area contributed by atoms with E-state index in [4.69, 9.17) is 5.11 Å². The molecule has 0 aromatic heterocycles. The first kappa shape index (κ1) is 11.0. The molecule has 14 heavy (non-hydrogen) atoms. The van der Waals surface area contributed by atoms with Crippen LogP contribution in [0.1, 0.15) is 27.2 Å². The molecule has 1 fully saturated rings. The van der Waals surface area contributed by atoms with Crippen LogP contribution in [0.25, 0.3) is 0 Å². The lowest BCUT2D eigenvalue weighted by molar-refractivity contribution is -0.141. The summed E-state index contributed by atoms with van der Waals surface area (Å²) in [4.78, 5) is 23.9. The molecule has 0 aliphatic carbocycles. The average Bonchev–Trinajstić information content (AvgIpc) is 2.46. The number of nitrogens with zero attached hydrogens (tertiary/aromatic N) is 1. The highest BCUT2D eigenvalue weighted by atomic mass is 16.4. The number of carboxylic acid groups (broad SMARTS) is 1. The topological polar surface area (TPSA) is 57.6 Å². The second-order valence-corrected chi connectivity index (χ2v) is 4.27. The van der Waals surface area contributed by atoms with Crippen LogP contribution in [-0.4, -0.2) is 34.5 Å². The van der Waals surface area contributed by atoms with Crippen LogP contribution >= 0.6 is 0 Å². The number of carboxylic acids is 1. The summed E-state index contributed by atoms with van der Waals surface area (Å²) in [7, 11) is 0. The van der Waals surface area contributed by atoms with Crippen molar-refractivity contribution >= 4 is 11.9 Å². The van der Waals surface area contributed by atoms with E-state index in [0.717, 1.165) is 0 Å². The van der Waals surface area contributed by atoms with Gasteiger partial charge in [-0.25, -0.2) is 0 Å². The fraction of sp³-hybridized carbons (Fsp3) is 0.800. The number of carbonyl (C=O) groups excluding carboxylic acids is 1. The van der Waals surface area contributed by atoms with Gasteiger partial charge < -0.3 is 10.0 Å². The number of carbonyl (C=O) groups is 2. The lowest BCUT2D eigenvalue weighted by Gasteiger charge is -2.27. The van der Waals surface area contributed by atoms with Gasteiger partial charge in [0.25, 0.3) is 0 Å².